The zero-order valence-electron chi connectivity index (χ0n) is 23.6. The molecule has 0 radical (unpaired) electrons. The zero-order chi connectivity index (χ0) is 29.7. The predicted octanol–water partition coefficient (Wildman–Crippen LogP) is 2.81. The molecule has 1 fully saturated rings. The topological polar surface area (TPSA) is 132 Å². The monoisotopic (exact) mass is 577 g/mol. The van der Waals surface area contributed by atoms with E-state index in [1.807, 2.05) is 43.3 Å². The maximum absolute atomic E-state index is 12.9. The summed E-state index contributed by atoms with van der Waals surface area (Å²) in [5, 5.41) is 6.95. The molecule has 0 atom stereocenters. The number of rotatable bonds is 12. The predicted molar refractivity (Wildman–Crippen MR) is 152 cm³/mol. The van der Waals surface area contributed by atoms with Crippen molar-refractivity contribution >= 4 is 23.9 Å². The second kappa shape index (κ2) is 15.2. The molecule has 3 aromatic rings. The van der Waals surface area contributed by atoms with Gasteiger partial charge in [-0.2, -0.15) is 5.10 Å². The zero-order valence-corrected chi connectivity index (χ0v) is 23.6. The molecule has 0 spiro atoms. The molecule has 0 bridgehead atoms. The molecule has 0 saturated carbocycles. The summed E-state index contributed by atoms with van der Waals surface area (Å²) >= 11 is 0. The van der Waals surface area contributed by atoms with Gasteiger partial charge in [0, 0.05) is 32.2 Å². The van der Waals surface area contributed by atoms with Gasteiger partial charge in [0.15, 0.2) is 12.3 Å². The molecule has 1 N–H and O–H groups in total. The van der Waals surface area contributed by atoms with E-state index in [4.69, 9.17) is 14.2 Å². The minimum Gasteiger partial charge on any atom is -0.466 e. The summed E-state index contributed by atoms with van der Waals surface area (Å²) in [6.07, 6.45) is 1.37. The Morgan fingerprint density at radius 2 is 1.55 bits per heavy atom. The van der Waals surface area contributed by atoms with Crippen LogP contribution in [0.4, 0.5) is 4.79 Å². The number of esters is 1. The molecule has 12 heteroatoms. The number of aromatic nitrogens is 2. The molecule has 2 heterocycles. The smallest absolute Gasteiger partial charge is 0.409 e. The Hall–Kier alpha value is -4.87. The van der Waals surface area contributed by atoms with Gasteiger partial charge in [0.1, 0.15) is 6.61 Å². The first kappa shape index (κ1) is 30.1. The molecule has 4 rings (SSSR count). The highest BCUT2D eigenvalue weighted by Gasteiger charge is 2.26. The largest absolute Gasteiger partial charge is 0.466 e. The molecule has 2 aromatic carbocycles. The molecule has 3 amide bonds. The lowest BCUT2D eigenvalue weighted by molar-refractivity contribution is -0.147. The van der Waals surface area contributed by atoms with E-state index in [0.717, 1.165) is 18.4 Å². The number of hydrogen-bond acceptors (Lipinski definition) is 8. The van der Waals surface area contributed by atoms with Crippen molar-refractivity contribution in [3.05, 3.63) is 78.0 Å². The minimum atomic E-state index is -0.578. The van der Waals surface area contributed by atoms with E-state index < -0.39 is 11.9 Å². The summed E-state index contributed by atoms with van der Waals surface area (Å²) in [5.41, 5.74) is 1.48. The molecular weight excluding hydrogens is 542 g/mol. The van der Waals surface area contributed by atoms with Crippen LogP contribution in [0.5, 0.6) is 5.88 Å². The lowest BCUT2D eigenvalue weighted by atomic mass is 10.2. The first-order valence-corrected chi connectivity index (χ1v) is 13.9. The first-order valence-electron chi connectivity index (χ1n) is 13.9. The van der Waals surface area contributed by atoms with Gasteiger partial charge in [0.05, 0.1) is 18.8 Å². The Labute approximate surface area is 244 Å². The summed E-state index contributed by atoms with van der Waals surface area (Å²) in [7, 11) is 0. The third kappa shape index (κ3) is 8.56. The number of piperazine rings is 1. The van der Waals surface area contributed by atoms with E-state index >= 15 is 0 Å². The maximum Gasteiger partial charge on any atom is 0.409 e. The number of nitrogens with zero attached hydrogens (tertiary/aromatic N) is 4. The van der Waals surface area contributed by atoms with Gasteiger partial charge in [-0.25, -0.2) is 14.3 Å². The Kier molecular flexibility index (Phi) is 10.9. The number of carbonyl (C=O) groups excluding carboxylic acids is 4. The van der Waals surface area contributed by atoms with Crippen molar-refractivity contribution in [1.82, 2.24) is 24.9 Å². The number of amides is 3. The second-order valence-corrected chi connectivity index (χ2v) is 9.57. The number of carbonyl (C=O) groups is 4. The van der Waals surface area contributed by atoms with Crippen molar-refractivity contribution < 1.29 is 33.4 Å². The molecule has 0 unspecified atom stereocenters. The summed E-state index contributed by atoms with van der Waals surface area (Å²) in [6.45, 7) is 3.30. The maximum atomic E-state index is 12.9. The molecule has 1 aliphatic rings. The van der Waals surface area contributed by atoms with Gasteiger partial charge in [-0.15, -0.1) is 0 Å². The standard InChI is InChI=1S/C30H35N5O7/c1-2-3-18-40-30(39)34-16-14-33(15-17-34)26(36)20-31-29(38)25-19-27(35(32-25)24-12-8-5-9-13-24)41-22-28(37)42-21-23-10-6-4-7-11-23/h4-13,19H,2-3,14-18,20-22H2,1H3,(H,31,38). The molecule has 1 saturated heterocycles. The van der Waals surface area contributed by atoms with Gasteiger partial charge in [-0.05, 0) is 24.1 Å². The Morgan fingerprint density at radius 1 is 0.881 bits per heavy atom. The lowest BCUT2D eigenvalue weighted by Crippen LogP contribution is -2.52. The fourth-order valence-corrected chi connectivity index (χ4v) is 4.14. The van der Waals surface area contributed by atoms with Crippen LogP contribution in [0.1, 0.15) is 35.8 Å². The van der Waals surface area contributed by atoms with Gasteiger partial charge in [-0.3, -0.25) is 9.59 Å². The van der Waals surface area contributed by atoms with Crippen molar-refractivity contribution in [1.29, 1.82) is 0 Å². The molecular formula is C30H35N5O7. The number of hydrogen-bond donors (Lipinski definition) is 1. The van der Waals surface area contributed by atoms with Crippen molar-refractivity contribution in [2.24, 2.45) is 0 Å². The van der Waals surface area contributed by atoms with Crippen LogP contribution in [0.25, 0.3) is 5.69 Å². The average molecular weight is 578 g/mol. The fraction of sp³-hybridized carbons (Fsp3) is 0.367. The second-order valence-electron chi connectivity index (χ2n) is 9.57. The highest BCUT2D eigenvalue weighted by Crippen LogP contribution is 2.20. The van der Waals surface area contributed by atoms with Crippen LogP contribution in [-0.4, -0.2) is 89.4 Å². The van der Waals surface area contributed by atoms with Crippen molar-refractivity contribution in [2.45, 2.75) is 26.4 Å². The van der Waals surface area contributed by atoms with Gasteiger partial charge < -0.3 is 29.3 Å². The average Bonchev–Trinajstić information content (AvgIpc) is 3.47. The van der Waals surface area contributed by atoms with Crippen LogP contribution in [0, 0.1) is 0 Å². The number of unbranched alkanes of at least 4 members (excludes halogenated alkanes) is 1. The number of ether oxygens (including phenoxy) is 3. The summed E-state index contributed by atoms with van der Waals surface area (Å²) in [4.78, 5) is 53.2. The van der Waals surface area contributed by atoms with Crippen LogP contribution in [0.15, 0.2) is 66.7 Å². The number of benzene rings is 2. The summed E-state index contributed by atoms with van der Waals surface area (Å²) < 4.78 is 17.6. The van der Waals surface area contributed by atoms with Gasteiger partial charge in [0.25, 0.3) is 5.91 Å². The molecule has 222 valence electrons. The Balaban J connectivity index is 1.30. The molecule has 1 aliphatic heterocycles. The highest BCUT2D eigenvalue weighted by atomic mass is 16.6. The van der Waals surface area contributed by atoms with Crippen LogP contribution < -0.4 is 10.1 Å². The van der Waals surface area contributed by atoms with Gasteiger partial charge in [-0.1, -0.05) is 61.9 Å². The summed E-state index contributed by atoms with van der Waals surface area (Å²) in [6, 6.07) is 19.7. The quantitative estimate of drug-likeness (QED) is 0.257. The van der Waals surface area contributed by atoms with Crippen LogP contribution in [-0.2, 0) is 25.7 Å². The van der Waals surface area contributed by atoms with Crippen molar-refractivity contribution in [3.63, 3.8) is 0 Å². The van der Waals surface area contributed by atoms with Crippen LogP contribution in [0.3, 0.4) is 0 Å². The third-order valence-electron chi connectivity index (χ3n) is 6.50. The SMILES string of the molecule is CCCCOC(=O)N1CCN(C(=O)CNC(=O)c2cc(OCC(=O)OCc3ccccc3)n(-c3ccccc3)n2)CC1. The lowest BCUT2D eigenvalue weighted by Gasteiger charge is -2.34. The van der Waals surface area contributed by atoms with Crippen LogP contribution in [0.2, 0.25) is 0 Å². The van der Waals surface area contributed by atoms with Gasteiger partial charge >= 0.3 is 12.1 Å². The minimum absolute atomic E-state index is 0.0129. The summed E-state index contributed by atoms with van der Waals surface area (Å²) in [5.74, 6) is -1.27. The molecule has 12 nitrogen and oxygen atoms in total. The van der Waals surface area contributed by atoms with Crippen molar-refractivity contribution in [3.8, 4) is 11.6 Å². The third-order valence-corrected chi connectivity index (χ3v) is 6.50. The van der Waals surface area contributed by atoms with E-state index in [-0.39, 0.29) is 43.3 Å². The Morgan fingerprint density at radius 3 is 2.24 bits per heavy atom. The molecule has 1 aromatic heterocycles. The highest BCUT2D eigenvalue weighted by molar-refractivity contribution is 5.95. The molecule has 0 aliphatic carbocycles. The van der Waals surface area contributed by atoms with Crippen molar-refractivity contribution in [2.75, 3.05) is 45.9 Å². The first-order chi connectivity index (χ1) is 20.4. The normalized spacial score (nSPS) is 12.9. The van der Waals surface area contributed by atoms with E-state index in [0.29, 0.717) is 38.5 Å². The van der Waals surface area contributed by atoms with E-state index in [9.17, 15) is 19.2 Å². The van der Waals surface area contributed by atoms with Crippen LogP contribution >= 0.6 is 0 Å². The number of para-hydroxylation sites is 1. The van der Waals surface area contributed by atoms with E-state index in [1.165, 1.54) is 10.7 Å². The van der Waals surface area contributed by atoms with Gasteiger partial charge in [0.2, 0.25) is 11.8 Å². The molecule has 42 heavy (non-hydrogen) atoms. The Bertz CT molecular complexity index is 1340. The van der Waals surface area contributed by atoms with E-state index in [1.54, 1.807) is 34.1 Å². The number of nitrogens with one attached hydrogen (secondary N) is 1. The fourth-order valence-electron chi connectivity index (χ4n) is 4.14. The van der Waals surface area contributed by atoms with E-state index in [2.05, 4.69) is 10.4 Å².